The molecular weight excluding hydrogens is 1470 g/mol. The molecule has 7 aromatic rings. The van der Waals surface area contributed by atoms with E-state index in [-0.39, 0.29) is 79.3 Å². The molecule has 4 aliphatic heterocycles. The van der Waals surface area contributed by atoms with Crippen molar-refractivity contribution < 1.29 is 124 Å². The van der Waals surface area contributed by atoms with Crippen LogP contribution in [0.25, 0.3) is 0 Å². The van der Waals surface area contributed by atoms with Gasteiger partial charge in [0, 0.05) is 52.7 Å². The molecule has 0 radical (unpaired) electrons. The molecule has 0 saturated carbocycles. The summed E-state index contributed by atoms with van der Waals surface area (Å²) in [7, 11) is 0. The highest BCUT2D eigenvalue weighted by atomic mass is 16.8. The molecule has 7 aromatic carbocycles. The summed E-state index contributed by atoms with van der Waals surface area (Å²) in [6.45, 7) is 6.96. The summed E-state index contributed by atoms with van der Waals surface area (Å²) < 4.78 is 127. The Balaban J connectivity index is 0.797. The maximum atomic E-state index is 13.2. The monoisotopic (exact) mass is 1570 g/mol. The normalized spacial score (nSPS) is 25.6. The van der Waals surface area contributed by atoms with E-state index in [4.69, 9.17) is 94.7 Å². The van der Waals surface area contributed by atoms with Gasteiger partial charge in [-0.05, 0) is 57.6 Å². The summed E-state index contributed by atoms with van der Waals surface area (Å²) in [5.74, 6) is 8.08. The lowest BCUT2D eigenvalue weighted by molar-refractivity contribution is -0.331. The van der Waals surface area contributed by atoms with Crippen molar-refractivity contribution in [1.82, 2.24) is 0 Å². The molecule has 4 heterocycles. The van der Waals surface area contributed by atoms with Gasteiger partial charge in [0.25, 0.3) is 0 Å². The van der Waals surface area contributed by atoms with Gasteiger partial charge in [0.1, 0.15) is 62.0 Å². The van der Waals surface area contributed by atoms with Gasteiger partial charge < -0.3 is 94.7 Å². The van der Waals surface area contributed by atoms with Gasteiger partial charge in [-0.1, -0.05) is 206 Å². The molecule has 0 amide bonds. The van der Waals surface area contributed by atoms with E-state index in [1.54, 1.807) is 24.3 Å². The lowest BCUT2D eigenvalue weighted by Crippen LogP contribution is -2.63. The minimum atomic E-state index is -1.44. The standard InChI is InChI=1S/C88H94O26/c1-57(89)103-75-71(53-95-47-65-27-13-7-14-28-65)111-87(81(79(75)105-59(3)91)101-51-69-35-21-11-22-36-69)113-77-73(55-97-49-67-31-17-9-18-32-67)109-85(83(77)107-61(5)93)99-45-25-39-63-41-43-64(44-42-63)40-26-46-100-86-84(108-62(6)94)78(74(110-86)56-98-50-68-33-19-10-20-34-68)114-88-82(102-52-70-37-23-12-24-38-70)80(106-60(4)92)76(104-58(2)90)72(112-88)54-96-48-66-29-15-8-16-30-66/h7-24,27-38,41-44,71-88H,45-56H2,1-6H3/t71-,72-,73-,74-,75-,76-,77-,78-,79+,80+,81-,82-,83-,84-,85-,86-,87-,88-/m1/s1. The van der Waals surface area contributed by atoms with Crippen molar-refractivity contribution in [2.24, 2.45) is 0 Å². The molecule has 114 heavy (non-hydrogen) atoms. The molecule has 0 aliphatic carbocycles. The number of carbonyl (C=O) groups excluding carboxylic acids is 6. The smallest absolute Gasteiger partial charge is 0.303 e. The van der Waals surface area contributed by atoms with Crippen LogP contribution < -0.4 is 0 Å². The number of hydrogen-bond donors (Lipinski definition) is 0. The maximum absolute atomic E-state index is 13.2. The Morgan fingerprint density at radius 1 is 0.263 bits per heavy atom. The van der Waals surface area contributed by atoms with Crippen molar-refractivity contribution in [3.63, 3.8) is 0 Å². The van der Waals surface area contributed by atoms with Crippen molar-refractivity contribution in [3.05, 3.63) is 251 Å². The van der Waals surface area contributed by atoms with Crippen LogP contribution in [0.3, 0.4) is 0 Å². The molecule has 4 fully saturated rings. The van der Waals surface area contributed by atoms with Crippen LogP contribution in [0.5, 0.6) is 0 Å². The molecule has 0 aromatic heterocycles. The van der Waals surface area contributed by atoms with Crippen LogP contribution in [0.1, 0.15) is 86.1 Å². The van der Waals surface area contributed by atoms with Gasteiger partial charge in [0.05, 0.1) is 66.1 Å². The van der Waals surface area contributed by atoms with Gasteiger partial charge in [0.15, 0.2) is 61.8 Å². The summed E-state index contributed by atoms with van der Waals surface area (Å²) in [4.78, 5) is 78.4. The van der Waals surface area contributed by atoms with Gasteiger partial charge in [0.2, 0.25) is 0 Å². The first-order valence-corrected chi connectivity index (χ1v) is 37.5. The van der Waals surface area contributed by atoms with Crippen LogP contribution in [-0.2, 0) is 163 Å². The van der Waals surface area contributed by atoms with Crippen molar-refractivity contribution in [1.29, 1.82) is 0 Å². The molecule has 18 atom stereocenters. The second-order valence-corrected chi connectivity index (χ2v) is 27.1. The second-order valence-electron chi connectivity index (χ2n) is 27.1. The quantitative estimate of drug-likeness (QED) is 0.0200. The van der Waals surface area contributed by atoms with E-state index in [9.17, 15) is 28.8 Å². The zero-order chi connectivity index (χ0) is 80.0. The van der Waals surface area contributed by atoms with E-state index in [0.717, 1.165) is 33.4 Å². The summed E-state index contributed by atoms with van der Waals surface area (Å²) in [6.07, 6.45) is -22.4. The number of ether oxygens (including phenoxy) is 20. The molecule has 26 heteroatoms. The fourth-order valence-corrected chi connectivity index (χ4v) is 13.3. The second kappa shape index (κ2) is 44.0. The molecular formula is C88H94O26. The Labute approximate surface area is 662 Å². The van der Waals surface area contributed by atoms with Crippen LogP contribution in [0, 0.1) is 23.7 Å². The van der Waals surface area contributed by atoms with Crippen molar-refractivity contribution in [3.8, 4) is 23.7 Å². The fraction of sp³-hybridized carbons (Fsp3) is 0.409. The first-order chi connectivity index (χ1) is 55.5. The number of esters is 6. The molecule has 0 unspecified atom stereocenters. The highest BCUT2D eigenvalue weighted by molar-refractivity contribution is 5.69. The molecule has 11 rings (SSSR count). The third-order valence-electron chi connectivity index (χ3n) is 18.2. The van der Waals surface area contributed by atoms with E-state index >= 15 is 0 Å². The van der Waals surface area contributed by atoms with E-state index in [1.807, 2.05) is 182 Å². The van der Waals surface area contributed by atoms with Crippen LogP contribution in [0.2, 0.25) is 0 Å². The molecule has 26 nitrogen and oxygen atoms in total. The van der Waals surface area contributed by atoms with Gasteiger partial charge in [-0.25, -0.2) is 0 Å². The number of benzene rings is 7. The fourth-order valence-electron chi connectivity index (χ4n) is 13.3. The molecule has 0 spiro atoms. The average molecular weight is 1570 g/mol. The Kier molecular flexibility index (Phi) is 32.7. The SMILES string of the molecule is CC(=O)O[C@@H]1[C@@H](OCc2ccccc2)[C@@H](O[C@H]2[C@@H](OC(C)=O)[C@H](OCC#Cc3ccc(C#CCO[C@@H]4O[C@H](COCc5ccccc5)[C@@H](O[C@H]5O[C@H](COCc6ccccc6)[C@@H](OC(C)=O)[C@H](OC(C)=O)[C@H]5OCc5ccccc5)[C@H]4OC(C)=O)cc3)O[C@@H]2COCc2ccccc2)O[C@H](COCc2ccccc2)[C@H]1OC(C)=O. The third kappa shape index (κ3) is 26.0. The molecule has 0 bridgehead atoms. The number of carbonyl (C=O) groups is 6. The average Bonchev–Trinajstić information content (AvgIpc) is 1.54. The van der Waals surface area contributed by atoms with Gasteiger partial charge in [-0.2, -0.15) is 0 Å². The predicted octanol–water partition coefficient (Wildman–Crippen LogP) is 9.72. The third-order valence-corrected chi connectivity index (χ3v) is 18.2. The van der Waals surface area contributed by atoms with Crippen LogP contribution >= 0.6 is 0 Å². The molecule has 4 aliphatic rings. The summed E-state index contributed by atoms with van der Waals surface area (Å²) in [5, 5.41) is 0. The Hall–Kier alpha value is -10.1. The zero-order valence-corrected chi connectivity index (χ0v) is 64.1. The first kappa shape index (κ1) is 84.8. The van der Waals surface area contributed by atoms with Crippen LogP contribution in [0.15, 0.2) is 206 Å². The topological polar surface area (TPSA) is 287 Å². The van der Waals surface area contributed by atoms with E-state index in [1.165, 1.54) is 41.5 Å². The van der Waals surface area contributed by atoms with Crippen molar-refractivity contribution in [2.45, 2.75) is 192 Å². The molecule has 602 valence electrons. The van der Waals surface area contributed by atoms with E-state index in [2.05, 4.69) is 23.7 Å². The molecule has 0 N–H and O–H groups in total. The van der Waals surface area contributed by atoms with Crippen LogP contribution in [-0.4, -0.2) is 186 Å². The minimum Gasteiger partial charge on any atom is -0.456 e. The maximum Gasteiger partial charge on any atom is 0.303 e. The summed E-state index contributed by atoms with van der Waals surface area (Å²) in [5.41, 5.74) is 6.12. The first-order valence-electron chi connectivity index (χ1n) is 37.5. The van der Waals surface area contributed by atoms with Crippen LogP contribution in [0.4, 0.5) is 0 Å². The number of hydrogen-bond acceptors (Lipinski definition) is 26. The van der Waals surface area contributed by atoms with E-state index in [0.29, 0.717) is 11.1 Å². The number of rotatable bonds is 36. The van der Waals surface area contributed by atoms with Crippen molar-refractivity contribution in [2.75, 3.05) is 39.6 Å². The van der Waals surface area contributed by atoms with E-state index < -0.39 is 146 Å². The highest BCUT2D eigenvalue weighted by Gasteiger charge is 2.58. The largest absolute Gasteiger partial charge is 0.456 e. The highest BCUT2D eigenvalue weighted by Crippen LogP contribution is 2.39. The predicted molar refractivity (Wildman–Crippen MR) is 404 cm³/mol. The Bertz CT molecular complexity index is 4000. The summed E-state index contributed by atoms with van der Waals surface area (Å²) >= 11 is 0. The zero-order valence-electron chi connectivity index (χ0n) is 64.1. The van der Waals surface area contributed by atoms with Gasteiger partial charge >= 0.3 is 35.8 Å². The minimum absolute atomic E-state index is 0.0270. The Morgan fingerprint density at radius 3 is 0.772 bits per heavy atom. The van der Waals surface area contributed by atoms with Crippen molar-refractivity contribution >= 4 is 35.8 Å². The summed E-state index contributed by atoms with van der Waals surface area (Å²) in [6, 6.07) is 63.2. The van der Waals surface area contributed by atoms with Gasteiger partial charge in [-0.15, -0.1) is 0 Å². The Morgan fingerprint density at radius 2 is 0.500 bits per heavy atom. The molecule has 4 saturated heterocycles. The van der Waals surface area contributed by atoms with Gasteiger partial charge in [-0.3, -0.25) is 28.8 Å². The lowest BCUT2D eigenvalue weighted by atomic mass is 9.97. The lowest BCUT2D eigenvalue weighted by Gasteiger charge is -2.45.